The lowest BCUT2D eigenvalue weighted by molar-refractivity contribution is -0.137. The summed E-state index contributed by atoms with van der Waals surface area (Å²) in [5.74, 6) is 0.310. The fraction of sp³-hybridized carbons (Fsp3) is 0.0500. The van der Waals surface area contributed by atoms with Crippen molar-refractivity contribution in [2.75, 3.05) is 0 Å². The fourth-order valence-electron chi connectivity index (χ4n) is 2.76. The number of nitrogens with one attached hydrogen (secondary N) is 1. The quantitative estimate of drug-likeness (QED) is 0.567. The summed E-state index contributed by atoms with van der Waals surface area (Å²) in [5.41, 5.74) is -1.25. The number of alkyl halides is 3. The van der Waals surface area contributed by atoms with Crippen LogP contribution in [0.15, 0.2) is 80.9 Å². The van der Waals surface area contributed by atoms with Gasteiger partial charge in [0, 0.05) is 23.4 Å². The Morgan fingerprint density at radius 2 is 1.59 bits per heavy atom. The lowest BCUT2D eigenvalue weighted by atomic mass is 10.1. The molecule has 9 heteroatoms. The molecule has 1 N–H and O–H groups in total. The molecule has 146 valence electrons. The molecule has 29 heavy (non-hydrogen) atoms. The van der Waals surface area contributed by atoms with Gasteiger partial charge in [-0.1, -0.05) is 30.3 Å². The standard InChI is InChI=1S/C20H12F3N3O3/c21-20(22,23)14-8-6-12(7-9-14)16-17(26-11-10-15(27)24-19(26)28)25-18(29-16)13-4-2-1-3-5-13/h1-11H,(H,24,27,28). The molecule has 0 amide bonds. The number of nitrogens with zero attached hydrogens (tertiary/aromatic N) is 2. The van der Waals surface area contributed by atoms with Gasteiger partial charge in [0.15, 0.2) is 11.6 Å². The lowest BCUT2D eigenvalue weighted by Gasteiger charge is -2.07. The normalized spacial score (nSPS) is 11.6. The Hall–Kier alpha value is -3.88. The molecule has 4 aromatic rings. The minimum absolute atomic E-state index is 0.0462. The second-order valence-corrected chi connectivity index (χ2v) is 6.09. The number of oxazole rings is 1. The van der Waals surface area contributed by atoms with Crippen molar-refractivity contribution in [3.05, 3.63) is 93.3 Å². The van der Waals surface area contributed by atoms with Gasteiger partial charge >= 0.3 is 11.9 Å². The zero-order chi connectivity index (χ0) is 20.6. The van der Waals surface area contributed by atoms with Gasteiger partial charge in [0.05, 0.1) is 5.56 Å². The molecule has 0 saturated carbocycles. The molecule has 0 bridgehead atoms. The highest BCUT2D eigenvalue weighted by Gasteiger charge is 2.30. The van der Waals surface area contributed by atoms with Gasteiger partial charge in [0.1, 0.15) is 0 Å². The van der Waals surface area contributed by atoms with Gasteiger partial charge in [-0.05, 0) is 24.3 Å². The molecular formula is C20H12F3N3O3. The largest absolute Gasteiger partial charge is 0.434 e. The van der Waals surface area contributed by atoms with Crippen molar-refractivity contribution in [1.82, 2.24) is 14.5 Å². The van der Waals surface area contributed by atoms with Crippen LogP contribution in [0.4, 0.5) is 13.2 Å². The Morgan fingerprint density at radius 1 is 0.897 bits per heavy atom. The van der Waals surface area contributed by atoms with E-state index in [1.807, 2.05) is 0 Å². The highest BCUT2D eigenvalue weighted by molar-refractivity contribution is 5.69. The van der Waals surface area contributed by atoms with E-state index in [9.17, 15) is 22.8 Å². The minimum Gasteiger partial charge on any atom is -0.434 e. The summed E-state index contributed by atoms with van der Waals surface area (Å²) in [6, 6.07) is 14.2. The van der Waals surface area contributed by atoms with E-state index in [4.69, 9.17) is 4.42 Å². The first-order valence-corrected chi connectivity index (χ1v) is 8.39. The SMILES string of the molecule is O=c1ccn(-c2nc(-c3ccccc3)oc2-c2ccc(C(F)(F)F)cc2)c(=O)[nH]1. The third kappa shape index (κ3) is 3.62. The number of hydrogen-bond acceptors (Lipinski definition) is 4. The molecule has 0 aliphatic rings. The first-order chi connectivity index (χ1) is 13.8. The van der Waals surface area contributed by atoms with Crippen molar-refractivity contribution < 1.29 is 17.6 Å². The van der Waals surface area contributed by atoms with E-state index in [2.05, 4.69) is 9.97 Å². The van der Waals surface area contributed by atoms with E-state index in [1.54, 1.807) is 30.3 Å². The van der Waals surface area contributed by atoms with Gasteiger partial charge < -0.3 is 4.42 Å². The van der Waals surface area contributed by atoms with Crippen molar-refractivity contribution in [3.63, 3.8) is 0 Å². The van der Waals surface area contributed by atoms with Crippen LogP contribution in [0.2, 0.25) is 0 Å². The Labute approximate surface area is 160 Å². The molecule has 0 fully saturated rings. The molecule has 0 aliphatic heterocycles. The van der Waals surface area contributed by atoms with Gasteiger partial charge in [-0.25, -0.2) is 9.36 Å². The van der Waals surface area contributed by atoms with Crippen molar-refractivity contribution in [2.45, 2.75) is 6.18 Å². The highest BCUT2D eigenvalue weighted by Crippen LogP contribution is 2.34. The molecule has 6 nitrogen and oxygen atoms in total. The van der Waals surface area contributed by atoms with E-state index < -0.39 is 23.0 Å². The number of benzene rings is 2. The van der Waals surface area contributed by atoms with Crippen LogP contribution in [0.5, 0.6) is 0 Å². The molecule has 0 aliphatic carbocycles. The summed E-state index contributed by atoms with van der Waals surface area (Å²) in [4.78, 5) is 30.1. The van der Waals surface area contributed by atoms with Crippen molar-refractivity contribution >= 4 is 0 Å². The van der Waals surface area contributed by atoms with Gasteiger partial charge in [0.25, 0.3) is 5.56 Å². The zero-order valence-corrected chi connectivity index (χ0v) is 14.6. The molecule has 2 heterocycles. The summed E-state index contributed by atoms with van der Waals surface area (Å²) in [6.45, 7) is 0. The minimum atomic E-state index is -4.48. The van der Waals surface area contributed by atoms with E-state index in [1.165, 1.54) is 18.3 Å². The maximum Gasteiger partial charge on any atom is 0.416 e. The molecule has 4 rings (SSSR count). The van der Waals surface area contributed by atoms with Crippen LogP contribution in [0.1, 0.15) is 5.56 Å². The maximum absolute atomic E-state index is 12.9. The Kier molecular flexibility index (Phi) is 4.42. The Balaban J connectivity index is 1.91. The Morgan fingerprint density at radius 3 is 2.21 bits per heavy atom. The van der Waals surface area contributed by atoms with Crippen molar-refractivity contribution in [1.29, 1.82) is 0 Å². The molecule has 0 atom stereocenters. The third-order valence-electron chi connectivity index (χ3n) is 4.16. The van der Waals surface area contributed by atoms with Crippen LogP contribution < -0.4 is 11.2 Å². The molecule has 0 unspecified atom stereocenters. The fourth-order valence-corrected chi connectivity index (χ4v) is 2.76. The van der Waals surface area contributed by atoms with Crippen molar-refractivity contribution in [2.24, 2.45) is 0 Å². The summed E-state index contributed by atoms with van der Waals surface area (Å²) >= 11 is 0. The van der Waals surface area contributed by atoms with Gasteiger partial charge in [0.2, 0.25) is 5.89 Å². The van der Waals surface area contributed by atoms with Gasteiger partial charge in [-0.15, -0.1) is 0 Å². The summed E-state index contributed by atoms with van der Waals surface area (Å²) in [6.07, 6.45) is -3.25. The summed E-state index contributed by atoms with van der Waals surface area (Å²) < 4.78 is 45.5. The van der Waals surface area contributed by atoms with E-state index in [-0.39, 0.29) is 17.5 Å². The molecule has 2 aromatic heterocycles. The monoisotopic (exact) mass is 399 g/mol. The second-order valence-electron chi connectivity index (χ2n) is 6.09. The predicted molar refractivity (Wildman–Crippen MR) is 98.6 cm³/mol. The van der Waals surface area contributed by atoms with Gasteiger partial charge in [-0.2, -0.15) is 18.2 Å². The molecule has 0 spiro atoms. The predicted octanol–water partition coefficient (Wildman–Crippen LogP) is 3.87. The number of aromatic amines is 1. The van der Waals surface area contributed by atoms with Crippen LogP contribution in [0, 0.1) is 0 Å². The topological polar surface area (TPSA) is 80.9 Å². The van der Waals surface area contributed by atoms with Crippen LogP contribution in [0.25, 0.3) is 28.6 Å². The van der Waals surface area contributed by atoms with Crippen LogP contribution in [-0.2, 0) is 6.18 Å². The maximum atomic E-state index is 12.9. The van der Waals surface area contributed by atoms with Crippen molar-refractivity contribution in [3.8, 4) is 28.6 Å². The molecular weight excluding hydrogens is 387 g/mol. The van der Waals surface area contributed by atoms with E-state index in [0.29, 0.717) is 11.1 Å². The average Bonchev–Trinajstić information content (AvgIpc) is 3.13. The molecule has 0 radical (unpaired) electrons. The number of hydrogen-bond donors (Lipinski definition) is 1. The zero-order valence-electron chi connectivity index (χ0n) is 14.6. The molecule has 0 saturated heterocycles. The number of rotatable bonds is 3. The second kappa shape index (κ2) is 6.93. The first-order valence-electron chi connectivity index (χ1n) is 8.39. The van der Waals surface area contributed by atoms with E-state index in [0.717, 1.165) is 22.8 Å². The highest BCUT2D eigenvalue weighted by atomic mass is 19.4. The average molecular weight is 399 g/mol. The molecule has 2 aromatic carbocycles. The van der Waals surface area contributed by atoms with E-state index >= 15 is 0 Å². The summed E-state index contributed by atoms with van der Waals surface area (Å²) in [7, 11) is 0. The first kappa shape index (κ1) is 18.5. The van der Waals surface area contributed by atoms with Crippen LogP contribution in [0.3, 0.4) is 0 Å². The van der Waals surface area contributed by atoms with Crippen LogP contribution >= 0.6 is 0 Å². The number of aromatic nitrogens is 3. The number of halogens is 3. The van der Waals surface area contributed by atoms with Gasteiger partial charge in [-0.3, -0.25) is 9.78 Å². The smallest absolute Gasteiger partial charge is 0.416 e. The van der Waals surface area contributed by atoms with Crippen LogP contribution in [-0.4, -0.2) is 14.5 Å². The Bertz CT molecular complexity index is 1270. The third-order valence-corrected chi connectivity index (χ3v) is 4.16. The summed E-state index contributed by atoms with van der Waals surface area (Å²) in [5, 5.41) is 0. The number of H-pyrrole nitrogens is 1. The lowest BCUT2D eigenvalue weighted by Crippen LogP contribution is -2.27.